The van der Waals surface area contributed by atoms with Crippen molar-refractivity contribution in [2.75, 3.05) is 43.5 Å². The molecular weight excluding hydrogens is 486 g/mol. The van der Waals surface area contributed by atoms with E-state index in [2.05, 4.69) is 10.2 Å². The van der Waals surface area contributed by atoms with Crippen molar-refractivity contribution < 1.29 is 14.3 Å². The largest absolute Gasteiger partial charge is 0.496 e. The Morgan fingerprint density at radius 1 is 0.838 bits per heavy atom. The Morgan fingerprint density at radius 3 is 2.19 bits per heavy atom. The number of fused-ring (bicyclic) bond motifs is 1. The Balaban J connectivity index is 1.26. The van der Waals surface area contributed by atoms with E-state index < -0.39 is 0 Å². The van der Waals surface area contributed by atoms with E-state index in [9.17, 15) is 9.59 Å². The van der Waals surface area contributed by atoms with Crippen LogP contribution in [0, 0.1) is 6.92 Å². The van der Waals surface area contributed by atoms with Gasteiger partial charge in [-0.3, -0.25) is 9.59 Å². The summed E-state index contributed by atoms with van der Waals surface area (Å²) in [5, 5.41) is 5.45. The lowest BCUT2D eigenvalue weighted by atomic mass is 10.1. The van der Waals surface area contributed by atoms with Crippen molar-refractivity contribution in [3.63, 3.8) is 0 Å². The Hall–Kier alpha value is -4.03. The number of rotatable bonds is 5. The van der Waals surface area contributed by atoms with Gasteiger partial charge in [-0.25, -0.2) is 0 Å². The molecule has 0 unspecified atom stereocenters. The van der Waals surface area contributed by atoms with Crippen molar-refractivity contribution in [2.24, 2.45) is 0 Å². The summed E-state index contributed by atoms with van der Waals surface area (Å²) in [6.45, 7) is 4.54. The minimum atomic E-state index is -0.269. The number of amides is 2. The first kappa shape index (κ1) is 24.7. The lowest BCUT2D eigenvalue weighted by molar-refractivity contribution is 0.0746. The number of halogens is 1. The summed E-state index contributed by atoms with van der Waals surface area (Å²) >= 11 is 6.65. The van der Waals surface area contributed by atoms with E-state index in [0.717, 1.165) is 27.6 Å². The maximum absolute atomic E-state index is 13.1. The molecule has 0 aliphatic carbocycles. The first-order valence-corrected chi connectivity index (χ1v) is 12.6. The van der Waals surface area contributed by atoms with Crippen molar-refractivity contribution in [3.05, 3.63) is 101 Å². The molecule has 0 spiro atoms. The lowest BCUT2D eigenvalue weighted by Crippen LogP contribution is -2.49. The first-order valence-electron chi connectivity index (χ1n) is 12.2. The summed E-state index contributed by atoms with van der Waals surface area (Å²) in [6.07, 6.45) is 0. The predicted octanol–water partition coefficient (Wildman–Crippen LogP) is 6.02. The topological polar surface area (TPSA) is 61.9 Å². The number of carbonyl (C=O) groups is 2. The number of nitrogens with zero attached hydrogens (tertiary/aromatic N) is 2. The SMILES string of the molecule is COc1cc2ccccc2cc1C(=O)Nc1ccc(N2CCN(C(=O)c3ccccc3C)CC2)c(Cl)c1. The number of methoxy groups -OCH3 is 1. The molecule has 0 bridgehead atoms. The zero-order valence-electron chi connectivity index (χ0n) is 20.8. The molecule has 1 fully saturated rings. The Labute approximate surface area is 221 Å². The van der Waals surface area contributed by atoms with Gasteiger partial charge in [0.15, 0.2) is 0 Å². The standard InChI is InChI=1S/C30H28ClN3O3/c1-20-7-3-6-10-24(20)30(36)34-15-13-33(14-16-34)27-12-11-23(19-26(27)31)32-29(35)25-17-21-8-4-5-9-22(21)18-28(25)37-2/h3-12,17-19H,13-16H2,1-2H3,(H,32,35). The number of hydrogen-bond donors (Lipinski definition) is 1. The molecule has 6 nitrogen and oxygen atoms in total. The average Bonchev–Trinajstić information content (AvgIpc) is 2.92. The third-order valence-corrected chi connectivity index (χ3v) is 7.10. The molecule has 0 saturated carbocycles. The Kier molecular flexibility index (Phi) is 7.01. The molecule has 1 N–H and O–H groups in total. The molecular formula is C30H28ClN3O3. The average molecular weight is 514 g/mol. The van der Waals surface area contributed by atoms with Crippen LogP contribution in [-0.2, 0) is 0 Å². The molecule has 1 aliphatic rings. The molecule has 4 aromatic rings. The van der Waals surface area contributed by atoms with E-state index in [1.807, 2.05) is 84.6 Å². The smallest absolute Gasteiger partial charge is 0.259 e. The van der Waals surface area contributed by atoms with Crippen molar-refractivity contribution in [1.29, 1.82) is 0 Å². The van der Waals surface area contributed by atoms with Crippen LogP contribution >= 0.6 is 11.6 Å². The molecule has 188 valence electrons. The zero-order valence-corrected chi connectivity index (χ0v) is 21.6. The van der Waals surface area contributed by atoms with Gasteiger partial charge in [0, 0.05) is 37.4 Å². The Bertz CT molecular complexity index is 1480. The summed E-state index contributed by atoms with van der Waals surface area (Å²) in [6, 6.07) is 24.7. The molecule has 7 heteroatoms. The van der Waals surface area contributed by atoms with Crippen molar-refractivity contribution in [3.8, 4) is 5.75 Å². The summed E-state index contributed by atoms with van der Waals surface area (Å²) in [5.74, 6) is 0.304. The first-order chi connectivity index (χ1) is 17.9. The number of hydrogen-bond acceptors (Lipinski definition) is 4. The third-order valence-electron chi connectivity index (χ3n) is 6.80. The highest BCUT2D eigenvalue weighted by Gasteiger charge is 2.24. The molecule has 1 saturated heterocycles. The summed E-state index contributed by atoms with van der Waals surface area (Å²) in [4.78, 5) is 30.1. The van der Waals surface area contributed by atoms with Crippen LogP contribution in [0.2, 0.25) is 5.02 Å². The molecule has 0 atom stereocenters. The number of aryl methyl sites for hydroxylation is 1. The predicted molar refractivity (Wildman–Crippen MR) is 149 cm³/mol. The summed E-state index contributed by atoms with van der Waals surface area (Å²) < 4.78 is 5.47. The van der Waals surface area contributed by atoms with Gasteiger partial charge in [-0.05, 0) is 59.7 Å². The lowest BCUT2D eigenvalue weighted by Gasteiger charge is -2.36. The van der Waals surface area contributed by atoms with E-state index in [1.165, 1.54) is 0 Å². The maximum Gasteiger partial charge on any atom is 0.259 e. The molecule has 0 radical (unpaired) electrons. The van der Waals surface area contributed by atoms with Crippen LogP contribution in [0.3, 0.4) is 0 Å². The molecule has 37 heavy (non-hydrogen) atoms. The highest BCUT2D eigenvalue weighted by atomic mass is 35.5. The number of benzene rings is 4. The maximum atomic E-state index is 13.1. The van der Waals surface area contributed by atoms with Crippen molar-refractivity contribution in [2.45, 2.75) is 6.92 Å². The second-order valence-electron chi connectivity index (χ2n) is 9.11. The molecule has 0 aromatic heterocycles. The monoisotopic (exact) mass is 513 g/mol. The van der Waals surface area contributed by atoms with Gasteiger partial charge < -0.3 is 19.9 Å². The normalized spacial score (nSPS) is 13.5. The van der Waals surface area contributed by atoms with Crippen LogP contribution in [0.4, 0.5) is 11.4 Å². The van der Waals surface area contributed by atoms with Gasteiger partial charge >= 0.3 is 0 Å². The van der Waals surface area contributed by atoms with E-state index in [1.54, 1.807) is 13.2 Å². The Morgan fingerprint density at radius 2 is 1.51 bits per heavy atom. The van der Waals surface area contributed by atoms with E-state index in [0.29, 0.717) is 48.2 Å². The number of ether oxygens (including phenoxy) is 1. The van der Waals surface area contributed by atoms with Crippen LogP contribution in [0.5, 0.6) is 5.75 Å². The summed E-state index contributed by atoms with van der Waals surface area (Å²) in [7, 11) is 1.56. The fraction of sp³-hybridized carbons (Fsp3) is 0.200. The van der Waals surface area contributed by atoms with Crippen molar-refractivity contribution in [1.82, 2.24) is 4.90 Å². The molecule has 5 rings (SSSR count). The van der Waals surface area contributed by atoms with Gasteiger partial charge in [-0.1, -0.05) is 54.1 Å². The second-order valence-corrected chi connectivity index (χ2v) is 9.52. The van der Waals surface area contributed by atoms with Crippen LogP contribution in [0.1, 0.15) is 26.3 Å². The van der Waals surface area contributed by atoms with Gasteiger partial charge in [0.05, 0.1) is 23.4 Å². The quantitative estimate of drug-likeness (QED) is 0.354. The third kappa shape index (κ3) is 5.11. The van der Waals surface area contributed by atoms with Gasteiger partial charge in [0.2, 0.25) is 0 Å². The van der Waals surface area contributed by atoms with E-state index in [4.69, 9.17) is 16.3 Å². The van der Waals surface area contributed by atoms with E-state index in [-0.39, 0.29) is 11.8 Å². The van der Waals surface area contributed by atoms with E-state index >= 15 is 0 Å². The van der Waals surface area contributed by atoms with Gasteiger partial charge in [0.25, 0.3) is 11.8 Å². The number of anilines is 2. The molecule has 1 heterocycles. The van der Waals surface area contributed by atoms with Gasteiger partial charge in [0.1, 0.15) is 5.75 Å². The van der Waals surface area contributed by atoms with Gasteiger partial charge in [-0.2, -0.15) is 0 Å². The summed E-state index contributed by atoms with van der Waals surface area (Å²) in [5.41, 5.74) is 3.66. The van der Waals surface area contributed by atoms with Crippen LogP contribution in [-0.4, -0.2) is 50.0 Å². The van der Waals surface area contributed by atoms with Crippen LogP contribution < -0.4 is 15.0 Å². The minimum absolute atomic E-state index is 0.0611. The number of nitrogens with one attached hydrogen (secondary N) is 1. The molecule has 2 amide bonds. The van der Waals surface area contributed by atoms with Crippen LogP contribution in [0.15, 0.2) is 78.9 Å². The van der Waals surface area contributed by atoms with Crippen molar-refractivity contribution >= 4 is 45.6 Å². The number of piperazine rings is 1. The van der Waals surface area contributed by atoms with Crippen LogP contribution in [0.25, 0.3) is 10.8 Å². The van der Waals surface area contributed by atoms with Gasteiger partial charge in [-0.15, -0.1) is 0 Å². The molecule has 4 aromatic carbocycles. The highest BCUT2D eigenvalue weighted by molar-refractivity contribution is 6.33. The molecule has 1 aliphatic heterocycles. The fourth-order valence-corrected chi connectivity index (χ4v) is 5.04. The fourth-order valence-electron chi connectivity index (χ4n) is 4.74. The number of carbonyl (C=O) groups excluding carboxylic acids is 2. The minimum Gasteiger partial charge on any atom is -0.496 e. The second kappa shape index (κ2) is 10.5. The zero-order chi connectivity index (χ0) is 25.9. The highest BCUT2D eigenvalue weighted by Crippen LogP contribution is 2.31.